The van der Waals surface area contributed by atoms with Gasteiger partial charge in [0.1, 0.15) is 0 Å². The van der Waals surface area contributed by atoms with Crippen molar-refractivity contribution in [3.05, 3.63) is 27.7 Å². The van der Waals surface area contributed by atoms with Crippen LogP contribution in [0.15, 0.2) is 27.7 Å². The zero-order valence-corrected chi connectivity index (χ0v) is 14.5. The molecule has 0 fully saturated rings. The second-order valence-corrected chi connectivity index (χ2v) is 8.11. The van der Waals surface area contributed by atoms with E-state index in [1.54, 1.807) is 11.8 Å². The predicted octanol–water partition coefficient (Wildman–Crippen LogP) is 5.42. The van der Waals surface area contributed by atoms with Gasteiger partial charge in [-0.05, 0) is 30.0 Å². The molecule has 0 spiro atoms. The van der Waals surface area contributed by atoms with E-state index in [1.807, 2.05) is 18.2 Å². The number of aliphatic imine (C=N–C) groups is 1. The van der Waals surface area contributed by atoms with Gasteiger partial charge in [-0.1, -0.05) is 60.1 Å². The Bertz CT molecular complexity index is 497. The van der Waals surface area contributed by atoms with Crippen LogP contribution in [0.2, 0.25) is 5.02 Å². The van der Waals surface area contributed by atoms with Crippen molar-refractivity contribution in [1.82, 2.24) is 0 Å². The molecule has 2 nitrogen and oxygen atoms in total. The number of rotatable bonds is 1. The third-order valence-electron chi connectivity index (χ3n) is 3.08. The fourth-order valence-corrected chi connectivity index (χ4v) is 3.55. The second-order valence-electron chi connectivity index (χ2n) is 5.70. The Balaban J connectivity index is 2.16. The maximum absolute atomic E-state index is 6.22. The summed E-state index contributed by atoms with van der Waals surface area (Å²) in [6.07, 6.45) is 1.13. The average Bonchev–Trinajstić information content (AvgIpc) is 2.32. The number of anilines is 1. The van der Waals surface area contributed by atoms with Gasteiger partial charge >= 0.3 is 0 Å². The summed E-state index contributed by atoms with van der Waals surface area (Å²) in [6.45, 7) is 6.71. The summed E-state index contributed by atoms with van der Waals surface area (Å²) in [5.74, 6) is 1.10. The van der Waals surface area contributed by atoms with Crippen LogP contribution in [-0.2, 0) is 0 Å². The first-order valence-electron chi connectivity index (χ1n) is 6.29. The number of thioether (sulfide) groups is 1. The highest BCUT2D eigenvalue weighted by Crippen LogP contribution is 2.32. The van der Waals surface area contributed by atoms with Crippen molar-refractivity contribution >= 4 is 50.1 Å². The summed E-state index contributed by atoms with van der Waals surface area (Å²) in [7, 11) is 0. The van der Waals surface area contributed by atoms with E-state index in [0.29, 0.717) is 11.1 Å². The molecule has 1 aromatic rings. The van der Waals surface area contributed by atoms with E-state index in [-0.39, 0.29) is 5.41 Å². The molecule has 0 aromatic heterocycles. The molecule has 0 radical (unpaired) electrons. The number of nitrogens with one attached hydrogen (secondary N) is 1. The molecule has 5 heteroatoms. The van der Waals surface area contributed by atoms with Gasteiger partial charge in [0.05, 0.1) is 16.8 Å². The Morgan fingerprint density at radius 2 is 2.16 bits per heavy atom. The lowest BCUT2D eigenvalue weighted by atomic mass is 9.85. The fraction of sp³-hybridized carbons (Fsp3) is 0.500. The maximum Gasteiger partial charge on any atom is 0.161 e. The van der Waals surface area contributed by atoms with E-state index in [4.69, 9.17) is 16.6 Å². The van der Waals surface area contributed by atoms with Crippen molar-refractivity contribution in [3.63, 3.8) is 0 Å². The molecule has 1 aromatic carbocycles. The molecule has 1 aliphatic rings. The topological polar surface area (TPSA) is 24.4 Å². The van der Waals surface area contributed by atoms with Gasteiger partial charge in [-0.25, -0.2) is 0 Å². The Kier molecular flexibility index (Phi) is 4.85. The summed E-state index contributed by atoms with van der Waals surface area (Å²) in [5, 5.41) is 5.01. The van der Waals surface area contributed by atoms with E-state index in [9.17, 15) is 0 Å². The summed E-state index contributed by atoms with van der Waals surface area (Å²) >= 11 is 11.4. The molecule has 0 aliphatic carbocycles. The van der Waals surface area contributed by atoms with Crippen LogP contribution in [0.3, 0.4) is 0 Å². The number of halogens is 2. The monoisotopic (exact) mass is 360 g/mol. The van der Waals surface area contributed by atoms with Crippen LogP contribution < -0.4 is 5.32 Å². The lowest BCUT2D eigenvalue weighted by molar-refractivity contribution is 0.316. The molecule has 104 valence electrons. The van der Waals surface area contributed by atoms with Crippen LogP contribution >= 0.6 is 39.3 Å². The highest BCUT2D eigenvalue weighted by molar-refractivity contribution is 9.10. The fourth-order valence-electron chi connectivity index (χ4n) is 1.91. The number of hydrogen-bond donors (Lipinski definition) is 1. The van der Waals surface area contributed by atoms with Crippen molar-refractivity contribution < 1.29 is 0 Å². The van der Waals surface area contributed by atoms with E-state index in [2.05, 4.69) is 42.0 Å². The highest BCUT2D eigenvalue weighted by Gasteiger charge is 2.27. The number of amidine groups is 1. The van der Waals surface area contributed by atoms with Crippen LogP contribution in [0.5, 0.6) is 0 Å². The van der Waals surface area contributed by atoms with Crippen molar-refractivity contribution in [2.24, 2.45) is 10.4 Å². The average molecular weight is 362 g/mol. The quantitative estimate of drug-likeness (QED) is 0.722. The van der Waals surface area contributed by atoms with Gasteiger partial charge in [0.2, 0.25) is 0 Å². The van der Waals surface area contributed by atoms with Gasteiger partial charge < -0.3 is 5.32 Å². The van der Waals surface area contributed by atoms with Crippen molar-refractivity contribution in [1.29, 1.82) is 0 Å². The van der Waals surface area contributed by atoms with Gasteiger partial charge in [0.15, 0.2) is 5.17 Å². The van der Waals surface area contributed by atoms with Crippen molar-refractivity contribution in [3.8, 4) is 0 Å². The van der Waals surface area contributed by atoms with E-state index < -0.39 is 0 Å². The van der Waals surface area contributed by atoms with Gasteiger partial charge in [-0.3, -0.25) is 4.99 Å². The maximum atomic E-state index is 6.22. The van der Waals surface area contributed by atoms with Crippen LogP contribution in [0.1, 0.15) is 27.2 Å². The lowest BCUT2D eigenvalue weighted by Crippen LogP contribution is -2.30. The van der Waals surface area contributed by atoms with Crippen LogP contribution in [0.25, 0.3) is 0 Å². The zero-order chi connectivity index (χ0) is 14.0. The Labute approximate surface area is 132 Å². The SMILES string of the molecule is CC(C)(C)C1CCSC(Nc2ccc(Br)cc2Cl)=N1. The minimum atomic E-state index is 0.206. The van der Waals surface area contributed by atoms with E-state index in [0.717, 1.165) is 27.5 Å². The first-order chi connectivity index (χ1) is 8.86. The summed E-state index contributed by atoms with van der Waals surface area (Å²) in [5.41, 5.74) is 1.11. The minimum absolute atomic E-state index is 0.206. The second kappa shape index (κ2) is 6.06. The standard InChI is InChI=1S/C14H18BrClN2S/c1-14(2,3)12-6-7-19-13(18-12)17-11-5-4-9(15)8-10(11)16/h4-5,8,12H,6-7H2,1-3H3,(H,17,18). The molecule has 0 bridgehead atoms. The predicted molar refractivity (Wildman–Crippen MR) is 90.5 cm³/mol. The Morgan fingerprint density at radius 3 is 2.79 bits per heavy atom. The van der Waals surface area contributed by atoms with E-state index >= 15 is 0 Å². The highest BCUT2D eigenvalue weighted by atomic mass is 79.9. The van der Waals surface area contributed by atoms with Crippen molar-refractivity contribution in [2.75, 3.05) is 11.1 Å². The Morgan fingerprint density at radius 1 is 1.42 bits per heavy atom. The first-order valence-corrected chi connectivity index (χ1v) is 8.44. The minimum Gasteiger partial charge on any atom is -0.334 e. The smallest absolute Gasteiger partial charge is 0.161 e. The molecular formula is C14H18BrClN2S. The Hall–Kier alpha value is -0.190. The van der Waals surface area contributed by atoms with E-state index in [1.165, 1.54) is 0 Å². The summed E-state index contributed by atoms with van der Waals surface area (Å²) < 4.78 is 0.980. The molecule has 1 heterocycles. The summed E-state index contributed by atoms with van der Waals surface area (Å²) in [6, 6.07) is 6.20. The molecule has 0 saturated heterocycles. The van der Waals surface area contributed by atoms with Gasteiger partial charge in [0, 0.05) is 10.2 Å². The molecule has 1 unspecified atom stereocenters. The third kappa shape index (κ3) is 4.14. The molecule has 0 saturated carbocycles. The molecular weight excluding hydrogens is 344 g/mol. The number of benzene rings is 1. The molecule has 1 N–H and O–H groups in total. The molecule has 19 heavy (non-hydrogen) atoms. The summed E-state index contributed by atoms with van der Waals surface area (Å²) in [4.78, 5) is 4.81. The molecule has 1 atom stereocenters. The van der Waals surface area contributed by atoms with Crippen molar-refractivity contribution in [2.45, 2.75) is 33.2 Å². The molecule has 0 amide bonds. The number of hydrogen-bond acceptors (Lipinski definition) is 3. The lowest BCUT2D eigenvalue weighted by Gasteiger charge is -2.31. The zero-order valence-electron chi connectivity index (χ0n) is 11.3. The third-order valence-corrected chi connectivity index (χ3v) is 4.80. The normalized spacial score (nSPS) is 20.1. The van der Waals surface area contributed by atoms with Gasteiger partial charge in [-0.2, -0.15) is 0 Å². The van der Waals surface area contributed by atoms with Crippen LogP contribution in [0.4, 0.5) is 5.69 Å². The van der Waals surface area contributed by atoms with Gasteiger partial charge in [0.25, 0.3) is 0 Å². The number of nitrogens with zero attached hydrogens (tertiary/aromatic N) is 1. The first kappa shape index (κ1) is 15.2. The molecule has 2 rings (SSSR count). The van der Waals surface area contributed by atoms with Gasteiger partial charge in [-0.15, -0.1) is 0 Å². The van der Waals surface area contributed by atoms with Crippen LogP contribution in [0, 0.1) is 5.41 Å². The molecule has 1 aliphatic heterocycles. The largest absolute Gasteiger partial charge is 0.334 e. The van der Waals surface area contributed by atoms with Crippen LogP contribution in [-0.4, -0.2) is 17.0 Å².